The van der Waals surface area contributed by atoms with E-state index in [1.54, 1.807) is 6.07 Å². The van der Waals surface area contributed by atoms with Crippen LogP contribution in [0.25, 0.3) is 0 Å². The Labute approximate surface area is 108 Å². The van der Waals surface area contributed by atoms with Crippen molar-refractivity contribution < 1.29 is 9.59 Å². The number of amides is 1. The van der Waals surface area contributed by atoms with Crippen LogP contribution in [0, 0.1) is 6.92 Å². The molecule has 0 aliphatic carbocycles. The van der Waals surface area contributed by atoms with Crippen LogP contribution in [0.3, 0.4) is 0 Å². The summed E-state index contributed by atoms with van der Waals surface area (Å²) in [6.45, 7) is 3.94. The number of carbonyl (C=O) groups excluding carboxylic acids is 2. The second-order valence-corrected chi connectivity index (χ2v) is 4.48. The summed E-state index contributed by atoms with van der Waals surface area (Å²) in [5.41, 5.74) is 7.96. The number of aryl methyl sites for hydroxylation is 1. The summed E-state index contributed by atoms with van der Waals surface area (Å²) in [7, 11) is 1.86. The van der Waals surface area contributed by atoms with Crippen LogP contribution in [-0.4, -0.2) is 25.3 Å². The molecule has 0 saturated carbocycles. The zero-order valence-corrected chi connectivity index (χ0v) is 11.1. The molecule has 18 heavy (non-hydrogen) atoms. The van der Waals surface area contributed by atoms with Gasteiger partial charge in [-0.15, -0.1) is 0 Å². The first kappa shape index (κ1) is 14.2. The molecule has 4 nitrogen and oxygen atoms in total. The lowest BCUT2D eigenvalue weighted by molar-refractivity contribution is -0.119. The van der Waals surface area contributed by atoms with E-state index < -0.39 is 0 Å². The van der Waals surface area contributed by atoms with Gasteiger partial charge in [0.05, 0.1) is 0 Å². The number of likely N-dealkylation sites (N-methyl/N-ethyl adjacent to an activating group) is 1. The molecule has 1 amide bonds. The van der Waals surface area contributed by atoms with Gasteiger partial charge in [0.2, 0.25) is 5.91 Å². The van der Waals surface area contributed by atoms with Crippen molar-refractivity contribution >= 4 is 17.9 Å². The maximum absolute atomic E-state index is 11.5. The summed E-state index contributed by atoms with van der Waals surface area (Å²) in [5, 5.41) is 0. The van der Waals surface area contributed by atoms with Gasteiger partial charge in [0.25, 0.3) is 0 Å². The van der Waals surface area contributed by atoms with Crippen LogP contribution in [0.5, 0.6) is 0 Å². The molecule has 0 spiro atoms. The van der Waals surface area contributed by atoms with Crippen molar-refractivity contribution in [1.82, 2.24) is 0 Å². The Kier molecular flexibility index (Phi) is 4.89. The molecule has 2 N–H and O–H groups in total. The lowest BCUT2D eigenvalue weighted by Gasteiger charge is -2.28. The van der Waals surface area contributed by atoms with E-state index in [0.29, 0.717) is 5.56 Å². The van der Waals surface area contributed by atoms with E-state index >= 15 is 0 Å². The number of aldehydes is 1. The third-order valence-electron chi connectivity index (χ3n) is 3.09. The van der Waals surface area contributed by atoms with E-state index in [0.717, 1.165) is 30.4 Å². The minimum Gasteiger partial charge on any atom is -0.368 e. The lowest BCUT2D eigenvalue weighted by atomic mass is 10.1. The summed E-state index contributed by atoms with van der Waals surface area (Å²) in [4.78, 5) is 24.0. The average Bonchev–Trinajstić information content (AvgIpc) is 2.34. The van der Waals surface area contributed by atoms with Crippen molar-refractivity contribution in [2.24, 2.45) is 5.73 Å². The van der Waals surface area contributed by atoms with Gasteiger partial charge in [-0.25, -0.2) is 0 Å². The van der Waals surface area contributed by atoms with Gasteiger partial charge in [-0.1, -0.05) is 13.3 Å². The van der Waals surface area contributed by atoms with Gasteiger partial charge >= 0.3 is 0 Å². The highest BCUT2D eigenvalue weighted by Gasteiger charge is 2.21. The molecule has 0 heterocycles. The normalized spacial score (nSPS) is 11.9. The van der Waals surface area contributed by atoms with Crippen LogP contribution in [0.1, 0.15) is 35.7 Å². The number of rotatable bonds is 6. The Bertz CT molecular complexity index is 443. The summed E-state index contributed by atoms with van der Waals surface area (Å²) >= 11 is 0. The molecule has 1 aromatic rings. The van der Waals surface area contributed by atoms with Gasteiger partial charge in [0.1, 0.15) is 12.3 Å². The molecule has 0 aromatic heterocycles. The third-order valence-corrected chi connectivity index (χ3v) is 3.09. The molecule has 0 aliphatic rings. The Morgan fingerprint density at radius 2 is 2.17 bits per heavy atom. The smallest absolute Gasteiger partial charge is 0.240 e. The quantitative estimate of drug-likeness (QED) is 0.782. The molecule has 0 saturated heterocycles. The van der Waals surface area contributed by atoms with Crippen LogP contribution >= 0.6 is 0 Å². The van der Waals surface area contributed by atoms with Gasteiger partial charge in [0.15, 0.2) is 0 Å². The molecule has 0 radical (unpaired) electrons. The van der Waals surface area contributed by atoms with E-state index in [1.165, 1.54) is 0 Å². The molecular formula is C14H20N2O2. The number of hydrogen-bond donors (Lipinski definition) is 1. The Balaban J connectivity index is 3.04. The summed E-state index contributed by atoms with van der Waals surface area (Å²) in [6, 6.07) is 5.10. The minimum absolute atomic E-state index is 0.309. The van der Waals surface area contributed by atoms with Gasteiger partial charge in [-0.2, -0.15) is 0 Å². The predicted octanol–water partition coefficient (Wildman–Crippen LogP) is 1.90. The number of benzene rings is 1. The summed E-state index contributed by atoms with van der Waals surface area (Å²) in [6.07, 6.45) is 2.43. The first-order valence-electron chi connectivity index (χ1n) is 6.09. The minimum atomic E-state index is -0.321. The molecule has 1 atom stereocenters. The second kappa shape index (κ2) is 6.19. The van der Waals surface area contributed by atoms with Crippen molar-refractivity contribution in [2.75, 3.05) is 11.9 Å². The predicted molar refractivity (Wildman–Crippen MR) is 72.9 cm³/mol. The lowest BCUT2D eigenvalue weighted by Crippen LogP contribution is -2.42. The fourth-order valence-electron chi connectivity index (χ4n) is 2.12. The van der Waals surface area contributed by atoms with Gasteiger partial charge in [0, 0.05) is 18.3 Å². The maximum Gasteiger partial charge on any atom is 0.240 e. The highest BCUT2D eigenvalue weighted by Crippen LogP contribution is 2.23. The van der Waals surface area contributed by atoms with Crippen molar-refractivity contribution in [1.29, 1.82) is 0 Å². The molecule has 0 fully saturated rings. The largest absolute Gasteiger partial charge is 0.368 e. The van der Waals surface area contributed by atoms with E-state index in [4.69, 9.17) is 5.73 Å². The average molecular weight is 248 g/mol. The SMILES string of the molecule is CCCC(C(N)=O)N(C)c1ccc(C=O)cc1C. The first-order valence-corrected chi connectivity index (χ1v) is 6.09. The van der Waals surface area contributed by atoms with Crippen LogP contribution in [-0.2, 0) is 4.79 Å². The number of carbonyl (C=O) groups is 2. The van der Waals surface area contributed by atoms with Gasteiger partial charge in [-0.3, -0.25) is 9.59 Å². The Hall–Kier alpha value is -1.84. The molecule has 1 rings (SSSR count). The highest BCUT2D eigenvalue weighted by atomic mass is 16.1. The Morgan fingerprint density at radius 1 is 1.50 bits per heavy atom. The summed E-state index contributed by atoms with van der Waals surface area (Å²) in [5.74, 6) is -0.321. The van der Waals surface area contributed by atoms with E-state index in [9.17, 15) is 9.59 Å². The molecule has 0 bridgehead atoms. The van der Waals surface area contributed by atoms with Crippen LogP contribution < -0.4 is 10.6 Å². The zero-order chi connectivity index (χ0) is 13.7. The molecule has 1 aromatic carbocycles. The fraction of sp³-hybridized carbons (Fsp3) is 0.429. The van der Waals surface area contributed by atoms with E-state index in [1.807, 2.05) is 37.9 Å². The van der Waals surface area contributed by atoms with Crippen LogP contribution in [0.4, 0.5) is 5.69 Å². The van der Waals surface area contributed by atoms with Crippen molar-refractivity contribution in [3.8, 4) is 0 Å². The molecule has 4 heteroatoms. The maximum atomic E-state index is 11.5. The molecule has 98 valence electrons. The molecular weight excluding hydrogens is 228 g/mol. The standard InChI is InChI=1S/C14H20N2O2/c1-4-5-13(14(15)18)16(3)12-7-6-11(9-17)8-10(12)2/h6-9,13H,4-5H2,1-3H3,(H2,15,18). The first-order chi connectivity index (χ1) is 8.51. The monoisotopic (exact) mass is 248 g/mol. The Morgan fingerprint density at radius 3 is 2.61 bits per heavy atom. The number of hydrogen-bond acceptors (Lipinski definition) is 3. The van der Waals surface area contributed by atoms with E-state index in [-0.39, 0.29) is 11.9 Å². The van der Waals surface area contributed by atoms with Crippen LogP contribution in [0.15, 0.2) is 18.2 Å². The van der Waals surface area contributed by atoms with Crippen molar-refractivity contribution in [3.05, 3.63) is 29.3 Å². The van der Waals surface area contributed by atoms with Crippen molar-refractivity contribution in [2.45, 2.75) is 32.7 Å². The van der Waals surface area contributed by atoms with Gasteiger partial charge in [-0.05, 0) is 37.1 Å². The topological polar surface area (TPSA) is 63.4 Å². The number of nitrogens with two attached hydrogens (primary N) is 1. The number of nitrogens with zero attached hydrogens (tertiary/aromatic N) is 1. The zero-order valence-electron chi connectivity index (χ0n) is 11.1. The third kappa shape index (κ3) is 3.09. The number of anilines is 1. The van der Waals surface area contributed by atoms with Gasteiger partial charge < -0.3 is 10.6 Å². The highest BCUT2D eigenvalue weighted by molar-refractivity contribution is 5.84. The second-order valence-electron chi connectivity index (χ2n) is 4.48. The van der Waals surface area contributed by atoms with E-state index in [2.05, 4.69) is 0 Å². The fourth-order valence-corrected chi connectivity index (χ4v) is 2.12. The number of primary amides is 1. The summed E-state index contributed by atoms with van der Waals surface area (Å²) < 4.78 is 0. The molecule has 1 unspecified atom stereocenters. The van der Waals surface area contributed by atoms with Crippen molar-refractivity contribution in [3.63, 3.8) is 0 Å². The van der Waals surface area contributed by atoms with Crippen LogP contribution in [0.2, 0.25) is 0 Å². The molecule has 0 aliphatic heterocycles.